The average molecular weight is 286 g/mol. The summed E-state index contributed by atoms with van der Waals surface area (Å²) in [4.78, 5) is 21.0. The fourth-order valence-electron chi connectivity index (χ4n) is 1.32. The van der Waals surface area contributed by atoms with E-state index in [0.29, 0.717) is 6.42 Å². The fourth-order valence-corrected chi connectivity index (χ4v) is 1.59. The van der Waals surface area contributed by atoms with Crippen LogP contribution in [0.5, 0.6) is 5.75 Å². The lowest BCUT2D eigenvalue weighted by Crippen LogP contribution is -2.06. The van der Waals surface area contributed by atoms with Crippen LogP contribution in [0.15, 0.2) is 24.3 Å². The summed E-state index contributed by atoms with van der Waals surface area (Å²) in [5, 5.41) is 19.6. The van der Waals surface area contributed by atoms with Gasteiger partial charge in [0, 0.05) is 18.6 Å². The zero-order valence-corrected chi connectivity index (χ0v) is 10.9. The second-order valence-corrected chi connectivity index (χ2v) is 4.33. The van der Waals surface area contributed by atoms with Gasteiger partial charge in [0.1, 0.15) is 5.56 Å². The van der Waals surface area contributed by atoms with E-state index < -0.39 is 16.6 Å². The summed E-state index contributed by atoms with van der Waals surface area (Å²) in [7, 11) is 0. The van der Waals surface area contributed by atoms with Gasteiger partial charge >= 0.3 is 5.97 Å². The highest BCUT2D eigenvalue weighted by molar-refractivity contribution is 6.32. The van der Waals surface area contributed by atoms with Gasteiger partial charge in [-0.2, -0.15) is 0 Å². The SMILES string of the molecule is C=C(C)CCOc1c(Cl)cc([N+](=O)[O-])cc1C(=O)O. The fraction of sp³-hybridized carbons (Fsp3) is 0.250. The molecule has 7 heteroatoms. The zero-order chi connectivity index (χ0) is 14.6. The predicted molar refractivity (Wildman–Crippen MR) is 70.0 cm³/mol. The lowest BCUT2D eigenvalue weighted by Gasteiger charge is -2.10. The molecule has 0 aliphatic heterocycles. The minimum Gasteiger partial charge on any atom is -0.491 e. The number of rotatable bonds is 6. The van der Waals surface area contributed by atoms with Crippen molar-refractivity contribution in [2.75, 3.05) is 6.61 Å². The number of benzene rings is 1. The molecule has 6 nitrogen and oxygen atoms in total. The normalized spacial score (nSPS) is 10.0. The number of hydrogen-bond acceptors (Lipinski definition) is 4. The molecule has 0 radical (unpaired) electrons. The second-order valence-electron chi connectivity index (χ2n) is 3.92. The van der Waals surface area contributed by atoms with E-state index in [1.807, 2.05) is 0 Å². The standard InChI is InChI=1S/C12H12ClNO5/c1-7(2)3-4-19-11-9(12(15)16)5-8(14(17)18)6-10(11)13/h5-6H,1,3-4H2,2H3,(H,15,16). The number of carboxylic acids is 1. The quantitative estimate of drug-likeness (QED) is 0.492. The molecule has 1 aromatic carbocycles. The molecule has 102 valence electrons. The van der Waals surface area contributed by atoms with Crippen molar-refractivity contribution >= 4 is 23.3 Å². The number of halogens is 1. The summed E-state index contributed by atoms with van der Waals surface area (Å²) in [5.41, 5.74) is 0.144. The largest absolute Gasteiger partial charge is 0.491 e. The van der Waals surface area contributed by atoms with Crippen LogP contribution in [0.3, 0.4) is 0 Å². The molecular formula is C12H12ClNO5. The van der Waals surface area contributed by atoms with Gasteiger partial charge in [0.15, 0.2) is 5.75 Å². The van der Waals surface area contributed by atoms with Crippen molar-refractivity contribution < 1.29 is 19.6 Å². The molecule has 0 saturated carbocycles. The van der Waals surface area contributed by atoms with Gasteiger partial charge in [-0.1, -0.05) is 17.2 Å². The van der Waals surface area contributed by atoms with Crippen molar-refractivity contribution in [1.82, 2.24) is 0 Å². The van der Waals surface area contributed by atoms with Crippen LogP contribution in [0.2, 0.25) is 5.02 Å². The molecular weight excluding hydrogens is 274 g/mol. The molecule has 0 aliphatic rings. The molecule has 0 aliphatic carbocycles. The molecule has 0 saturated heterocycles. The van der Waals surface area contributed by atoms with Crippen LogP contribution in [0.1, 0.15) is 23.7 Å². The third-order valence-electron chi connectivity index (χ3n) is 2.24. The van der Waals surface area contributed by atoms with Gasteiger partial charge in [-0.25, -0.2) is 4.79 Å². The minimum atomic E-state index is -1.34. The van der Waals surface area contributed by atoms with Crippen LogP contribution in [0.4, 0.5) is 5.69 Å². The van der Waals surface area contributed by atoms with Crippen LogP contribution in [-0.4, -0.2) is 22.6 Å². The van der Waals surface area contributed by atoms with Gasteiger partial charge in [-0.3, -0.25) is 10.1 Å². The summed E-state index contributed by atoms with van der Waals surface area (Å²) in [6.45, 7) is 5.69. The van der Waals surface area contributed by atoms with Crippen molar-refractivity contribution in [2.45, 2.75) is 13.3 Å². The van der Waals surface area contributed by atoms with E-state index in [0.717, 1.165) is 17.7 Å². The van der Waals surface area contributed by atoms with E-state index in [1.165, 1.54) is 0 Å². The Bertz CT molecular complexity index is 541. The molecule has 0 aromatic heterocycles. The Morgan fingerprint density at radius 1 is 1.58 bits per heavy atom. The van der Waals surface area contributed by atoms with Crippen molar-refractivity contribution in [2.24, 2.45) is 0 Å². The monoisotopic (exact) mass is 285 g/mol. The maximum absolute atomic E-state index is 11.1. The van der Waals surface area contributed by atoms with Gasteiger partial charge in [0.2, 0.25) is 0 Å². The lowest BCUT2D eigenvalue weighted by molar-refractivity contribution is -0.384. The van der Waals surface area contributed by atoms with Crippen molar-refractivity contribution in [3.63, 3.8) is 0 Å². The Labute approximate surface area is 114 Å². The minimum absolute atomic E-state index is 0.0685. The summed E-state index contributed by atoms with van der Waals surface area (Å²) in [5.74, 6) is -1.41. The molecule has 0 spiro atoms. The van der Waals surface area contributed by atoms with Crippen molar-refractivity contribution in [3.05, 3.63) is 45.0 Å². The Morgan fingerprint density at radius 2 is 2.21 bits per heavy atom. The topological polar surface area (TPSA) is 89.7 Å². The Hall–Kier alpha value is -2.08. The van der Waals surface area contributed by atoms with E-state index >= 15 is 0 Å². The lowest BCUT2D eigenvalue weighted by atomic mass is 10.1. The third kappa shape index (κ3) is 3.96. The van der Waals surface area contributed by atoms with Crippen LogP contribution < -0.4 is 4.74 Å². The first-order valence-electron chi connectivity index (χ1n) is 5.31. The zero-order valence-electron chi connectivity index (χ0n) is 10.2. The maximum Gasteiger partial charge on any atom is 0.339 e. The molecule has 0 unspecified atom stereocenters. The first kappa shape index (κ1) is 15.0. The number of nitro groups is 1. The van der Waals surface area contributed by atoms with E-state index in [4.69, 9.17) is 21.4 Å². The molecule has 1 rings (SSSR count). The van der Waals surface area contributed by atoms with Gasteiger partial charge in [-0.05, 0) is 6.92 Å². The number of carboxylic acid groups (broad SMARTS) is 1. The van der Waals surface area contributed by atoms with Crippen LogP contribution >= 0.6 is 11.6 Å². The first-order valence-corrected chi connectivity index (χ1v) is 5.69. The summed E-state index contributed by atoms with van der Waals surface area (Å²) >= 11 is 5.82. The molecule has 1 aromatic rings. The highest BCUT2D eigenvalue weighted by Gasteiger charge is 2.21. The molecule has 0 atom stereocenters. The second kappa shape index (κ2) is 6.19. The molecule has 0 heterocycles. The average Bonchev–Trinajstić information content (AvgIpc) is 2.29. The number of aromatic carboxylic acids is 1. The number of carbonyl (C=O) groups is 1. The van der Waals surface area contributed by atoms with Crippen LogP contribution in [-0.2, 0) is 0 Å². The maximum atomic E-state index is 11.1. The van der Waals surface area contributed by atoms with E-state index in [2.05, 4.69) is 6.58 Å². The number of hydrogen-bond donors (Lipinski definition) is 1. The van der Waals surface area contributed by atoms with Gasteiger partial charge in [-0.15, -0.1) is 6.58 Å². The van der Waals surface area contributed by atoms with Gasteiger partial charge in [0.05, 0.1) is 16.6 Å². The summed E-state index contributed by atoms with van der Waals surface area (Å²) in [6, 6.07) is 1.98. The van der Waals surface area contributed by atoms with E-state index in [9.17, 15) is 14.9 Å². The highest BCUT2D eigenvalue weighted by Crippen LogP contribution is 2.33. The molecule has 0 fully saturated rings. The highest BCUT2D eigenvalue weighted by atomic mass is 35.5. The van der Waals surface area contributed by atoms with E-state index in [-0.39, 0.29) is 22.9 Å². The molecule has 19 heavy (non-hydrogen) atoms. The Morgan fingerprint density at radius 3 is 2.68 bits per heavy atom. The Kier molecular flexibility index (Phi) is 4.88. The number of nitro benzene ring substituents is 1. The van der Waals surface area contributed by atoms with Crippen LogP contribution in [0.25, 0.3) is 0 Å². The number of non-ortho nitro benzene ring substituents is 1. The Balaban J connectivity index is 3.11. The van der Waals surface area contributed by atoms with E-state index in [1.54, 1.807) is 6.92 Å². The summed E-state index contributed by atoms with van der Waals surface area (Å²) in [6.07, 6.45) is 0.534. The van der Waals surface area contributed by atoms with Crippen molar-refractivity contribution in [3.8, 4) is 5.75 Å². The molecule has 0 amide bonds. The number of ether oxygens (including phenoxy) is 1. The third-order valence-corrected chi connectivity index (χ3v) is 2.53. The van der Waals surface area contributed by atoms with Gasteiger partial charge < -0.3 is 9.84 Å². The van der Waals surface area contributed by atoms with Crippen molar-refractivity contribution in [1.29, 1.82) is 0 Å². The van der Waals surface area contributed by atoms with Crippen LogP contribution in [0, 0.1) is 10.1 Å². The smallest absolute Gasteiger partial charge is 0.339 e. The number of nitrogens with zero attached hydrogens (tertiary/aromatic N) is 1. The molecule has 1 N–H and O–H groups in total. The first-order chi connectivity index (χ1) is 8.82. The summed E-state index contributed by atoms with van der Waals surface area (Å²) < 4.78 is 5.28. The van der Waals surface area contributed by atoms with Gasteiger partial charge in [0.25, 0.3) is 5.69 Å². The predicted octanol–water partition coefficient (Wildman–Crippen LogP) is 3.29. The molecule has 0 bridgehead atoms.